The van der Waals surface area contributed by atoms with Crippen LogP contribution in [0.3, 0.4) is 0 Å². The summed E-state index contributed by atoms with van der Waals surface area (Å²) < 4.78 is 2.47. The van der Waals surface area contributed by atoms with Crippen molar-refractivity contribution >= 4 is 21.8 Å². The normalized spacial score (nSPS) is 12.0. The van der Waals surface area contributed by atoms with Crippen molar-refractivity contribution in [1.29, 1.82) is 0 Å². The lowest BCUT2D eigenvalue weighted by Crippen LogP contribution is -2.16. The zero-order valence-electron chi connectivity index (χ0n) is 17.2. The monoisotopic (exact) mass is 375 g/mol. The van der Waals surface area contributed by atoms with E-state index in [4.69, 9.17) is 0 Å². The van der Waals surface area contributed by atoms with Gasteiger partial charge in [-0.25, -0.2) is 0 Å². The summed E-state index contributed by atoms with van der Waals surface area (Å²) in [6.45, 7) is 6.90. The Bertz CT molecular complexity index is 1260. The SMILES string of the molecule is CC(C)(C)c1cccc(-c2ccccc2)c1-n1c2ccccc2c2ccccc21. The molecule has 1 nitrogen and oxygen atoms in total. The van der Waals surface area contributed by atoms with Gasteiger partial charge in [-0.15, -0.1) is 0 Å². The topological polar surface area (TPSA) is 4.93 Å². The number of fused-ring (bicyclic) bond motifs is 3. The lowest BCUT2D eigenvalue weighted by atomic mass is 9.83. The van der Waals surface area contributed by atoms with E-state index in [1.807, 2.05) is 0 Å². The van der Waals surface area contributed by atoms with Gasteiger partial charge in [0.15, 0.2) is 0 Å². The minimum atomic E-state index is 0.0204. The molecule has 0 bridgehead atoms. The fraction of sp³-hybridized carbons (Fsp3) is 0.143. The van der Waals surface area contributed by atoms with Crippen LogP contribution in [0.5, 0.6) is 0 Å². The molecule has 0 amide bonds. The van der Waals surface area contributed by atoms with Crippen molar-refractivity contribution in [2.24, 2.45) is 0 Å². The van der Waals surface area contributed by atoms with Crippen LogP contribution in [0.25, 0.3) is 38.6 Å². The second kappa shape index (κ2) is 6.63. The lowest BCUT2D eigenvalue weighted by molar-refractivity contribution is 0.588. The highest BCUT2D eigenvalue weighted by atomic mass is 15.0. The van der Waals surface area contributed by atoms with Crippen molar-refractivity contribution in [2.45, 2.75) is 26.2 Å². The predicted octanol–water partition coefficient (Wildman–Crippen LogP) is 7.75. The lowest BCUT2D eigenvalue weighted by Gasteiger charge is -2.26. The summed E-state index contributed by atoms with van der Waals surface area (Å²) in [5, 5.41) is 2.59. The van der Waals surface area contributed by atoms with Crippen molar-refractivity contribution in [2.75, 3.05) is 0 Å². The first kappa shape index (κ1) is 17.8. The summed E-state index contributed by atoms with van der Waals surface area (Å²) in [6.07, 6.45) is 0. The van der Waals surface area contributed by atoms with Crippen LogP contribution in [-0.4, -0.2) is 4.57 Å². The molecule has 0 fully saturated rings. The molecule has 5 aromatic rings. The van der Waals surface area contributed by atoms with Gasteiger partial charge in [0.1, 0.15) is 0 Å². The van der Waals surface area contributed by atoms with E-state index in [1.165, 1.54) is 44.2 Å². The maximum absolute atomic E-state index is 2.47. The molecule has 1 heteroatoms. The highest BCUT2D eigenvalue weighted by Gasteiger charge is 2.24. The van der Waals surface area contributed by atoms with E-state index >= 15 is 0 Å². The van der Waals surface area contributed by atoms with Crippen molar-refractivity contribution in [1.82, 2.24) is 4.57 Å². The van der Waals surface area contributed by atoms with E-state index in [2.05, 4.69) is 122 Å². The van der Waals surface area contributed by atoms with E-state index in [0.29, 0.717) is 0 Å². The van der Waals surface area contributed by atoms with Crippen molar-refractivity contribution < 1.29 is 0 Å². The van der Waals surface area contributed by atoms with Crippen molar-refractivity contribution in [3.63, 3.8) is 0 Å². The summed E-state index contributed by atoms with van der Waals surface area (Å²) >= 11 is 0. The Labute approximate surface area is 172 Å². The van der Waals surface area contributed by atoms with E-state index in [0.717, 1.165) is 0 Å². The molecule has 0 saturated heterocycles. The molecule has 5 rings (SSSR count). The zero-order chi connectivity index (χ0) is 20.0. The molecular formula is C28H25N. The highest BCUT2D eigenvalue weighted by Crippen LogP contribution is 2.40. The van der Waals surface area contributed by atoms with Gasteiger partial charge >= 0.3 is 0 Å². The third-order valence-corrected chi connectivity index (χ3v) is 5.73. The average Bonchev–Trinajstić information content (AvgIpc) is 3.07. The van der Waals surface area contributed by atoms with Gasteiger partial charge in [-0.3, -0.25) is 0 Å². The Balaban J connectivity index is 1.99. The second-order valence-electron chi connectivity index (χ2n) is 8.69. The maximum atomic E-state index is 2.47. The maximum Gasteiger partial charge on any atom is 0.0577 e. The van der Waals surface area contributed by atoms with Crippen molar-refractivity contribution in [3.05, 3.63) is 103 Å². The standard InChI is InChI=1S/C28H25N/c1-28(2,3)24-17-11-16-21(20-12-5-4-6-13-20)27(24)29-25-18-9-7-14-22(25)23-15-8-10-19-26(23)29/h4-19H,1-3H3. The number of hydrogen-bond donors (Lipinski definition) is 0. The number of aromatic nitrogens is 1. The van der Waals surface area contributed by atoms with Gasteiger partial charge in [0.2, 0.25) is 0 Å². The fourth-order valence-electron chi connectivity index (χ4n) is 4.40. The van der Waals surface area contributed by atoms with Crippen LogP contribution in [0.4, 0.5) is 0 Å². The van der Waals surface area contributed by atoms with Gasteiger partial charge in [-0.05, 0) is 28.7 Å². The zero-order valence-corrected chi connectivity index (χ0v) is 17.2. The summed E-state index contributed by atoms with van der Waals surface area (Å²) in [4.78, 5) is 0. The molecule has 1 heterocycles. The van der Waals surface area contributed by atoms with Gasteiger partial charge < -0.3 is 4.57 Å². The van der Waals surface area contributed by atoms with Crippen LogP contribution in [-0.2, 0) is 5.41 Å². The van der Waals surface area contributed by atoms with Crippen LogP contribution in [0.15, 0.2) is 97.1 Å². The summed E-state index contributed by atoms with van der Waals surface area (Å²) in [5.41, 5.74) is 7.67. The first-order chi connectivity index (χ1) is 14.1. The Morgan fingerprint density at radius 1 is 0.552 bits per heavy atom. The molecule has 0 unspecified atom stereocenters. The highest BCUT2D eigenvalue weighted by molar-refractivity contribution is 6.09. The van der Waals surface area contributed by atoms with Crippen molar-refractivity contribution in [3.8, 4) is 16.8 Å². The minimum absolute atomic E-state index is 0.0204. The first-order valence-electron chi connectivity index (χ1n) is 10.2. The molecule has 29 heavy (non-hydrogen) atoms. The van der Waals surface area contributed by atoms with Crippen LogP contribution < -0.4 is 0 Å². The summed E-state index contributed by atoms with van der Waals surface area (Å²) in [5.74, 6) is 0. The number of benzene rings is 4. The summed E-state index contributed by atoms with van der Waals surface area (Å²) in [7, 11) is 0. The van der Waals surface area contributed by atoms with Crippen LogP contribution in [0.2, 0.25) is 0 Å². The Morgan fingerprint density at radius 3 is 1.69 bits per heavy atom. The third-order valence-electron chi connectivity index (χ3n) is 5.73. The predicted molar refractivity (Wildman–Crippen MR) is 125 cm³/mol. The molecule has 0 N–H and O–H groups in total. The van der Waals surface area contributed by atoms with Gasteiger partial charge in [0.25, 0.3) is 0 Å². The number of nitrogens with zero attached hydrogens (tertiary/aromatic N) is 1. The Hall–Kier alpha value is -3.32. The number of hydrogen-bond acceptors (Lipinski definition) is 0. The van der Waals surface area contributed by atoms with E-state index in [-0.39, 0.29) is 5.41 Å². The number of rotatable bonds is 2. The van der Waals surface area contributed by atoms with Crippen LogP contribution in [0, 0.1) is 0 Å². The van der Waals surface area contributed by atoms with Gasteiger partial charge in [-0.2, -0.15) is 0 Å². The summed E-state index contributed by atoms with van der Waals surface area (Å²) in [6, 6.07) is 35.0. The van der Waals surface area contributed by atoms with E-state index in [9.17, 15) is 0 Å². The molecule has 1 aromatic heterocycles. The molecule has 4 aromatic carbocycles. The molecule has 0 atom stereocenters. The first-order valence-corrected chi connectivity index (χ1v) is 10.2. The fourth-order valence-corrected chi connectivity index (χ4v) is 4.40. The van der Waals surface area contributed by atoms with Crippen LogP contribution >= 0.6 is 0 Å². The largest absolute Gasteiger partial charge is 0.308 e. The third kappa shape index (κ3) is 2.86. The van der Waals surface area contributed by atoms with E-state index in [1.54, 1.807) is 0 Å². The minimum Gasteiger partial charge on any atom is -0.308 e. The second-order valence-corrected chi connectivity index (χ2v) is 8.69. The van der Waals surface area contributed by atoms with Crippen LogP contribution in [0.1, 0.15) is 26.3 Å². The molecule has 0 radical (unpaired) electrons. The molecule has 0 aliphatic rings. The van der Waals surface area contributed by atoms with Gasteiger partial charge in [-0.1, -0.05) is 106 Å². The molecule has 0 aliphatic heterocycles. The molecule has 0 aliphatic carbocycles. The Morgan fingerprint density at radius 2 is 1.10 bits per heavy atom. The van der Waals surface area contributed by atoms with E-state index < -0.39 is 0 Å². The Kier molecular flexibility index (Phi) is 4.06. The molecule has 142 valence electrons. The number of para-hydroxylation sites is 3. The molecule has 0 saturated carbocycles. The van der Waals surface area contributed by atoms with Gasteiger partial charge in [0.05, 0.1) is 16.7 Å². The van der Waals surface area contributed by atoms with Gasteiger partial charge in [0, 0.05) is 16.3 Å². The average molecular weight is 376 g/mol. The quantitative estimate of drug-likeness (QED) is 0.297. The molecular weight excluding hydrogens is 350 g/mol. The molecule has 0 spiro atoms. The smallest absolute Gasteiger partial charge is 0.0577 e.